The molecule has 6 heteroatoms. The van der Waals surface area contributed by atoms with E-state index >= 15 is 0 Å². The Morgan fingerprint density at radius 3 is 1.79 bits per heavy atom. The zero-order chi connectivity index (χ0) is 20.8. The van der Waals surface area contributed by atoms with Gasteiger partial charge >= 0.3 is 0 Å². The van der Waals surface area contributed by atoms with Gasteiger partial charge in [0.25, 0.3) is 0 Å². The number of Topliss-reactive ketones (excluding diaryl/α,β-unsaturated/α-hetero) is 2. The zero-order valence-corrected chi connectivity index (χ0v) is 16.2. The molecule has 0 saturated carbocycles. The summed E-state index contributed by atoms with van der Waals surface area (Å²) in [5.74, 6) is -3.11. The van der Waals surface area contributed by atoms with Gasteiger partial charge in [0.15, 0.2) is 11.6 Å². The molecule has 3 aromatic rings. The molecule has 0 heterocycles. The van der Waals surface area contributed by atoms with Crippen LogP contribution in [0.2, 0.25) is 5.02 Å². The molecule has 146 valence electrons. The van der Waals surface area contributed by atoms with Crippen molar-refractivity contribution >= 4 is 23.2 Å². The second-order valence-electron chi connectivity index (χ2n) is 6.62. The summed E-state index contributed by atoms with van der Waals surface area (Å²) in [6.45, 7) is -0.567. The molecular weight excluding hydrogens is 390 g/mol. The molecule has 0 aliphatic rings. The van der Waals surface area contributed by atoms with E-state index in [0.717, 1.165) is 0 Å². The number of rotatable bonds is 8. The number of nitrogens with zero attached hydrogens (tertiary/aromatic N) is 1. The molecule has 1 atom stereocenters. The minimum Gasteiger partial charge on any atom is -0.293 e. The first kappa shape index (κ1) is 20.4. The van der Waals surface area contributed by atoms with E-state index in [9.17, 15) is 19.7 Å². The van der Waals surface area contributed by atoms with Gasteiger partial charge in [-0.05, 0) is 17.7 Å². The highest BCUT2D eigenvalue weighted by Gasteiger charge is 2.39. The molecule has 29 heavy (non-hydrogen) atoms. The molecule has 3 rings (SSSR count). The summed E-state index contributed by atoms with van der Waals surface area (Å²) in [6.07, 6.45) is 0. The second kappa shape index (κ2) is 9.26. The van der Waals surface area contributed by atoms with Crippen LogP contribution in [0, 0.1) is 16.0 Å². The predicted molar refractivity (Wildman–Crippen MR) is 111 cm³/mol. The molecule has 3 aromatic carbocycles. The Labute approximate surface area is 173 Å². The first-order valence-electron chi connectivity index (χ1n) is 9.03. The maximum atomic E-state index is 13.4. The van der Waals surface area contributed by atoms with Gasteiger partial charge in [0.2, 0.25) is 6.54 Å². The average molecular weight is 408 g/mol. The first-order valence-corrected chi connectivity index (χ1v) is 9.41. The standard InChI is InChI=1S/C23H18ClNO4/c24-19-13-7-12-18(14-19)20(15-25(28)29)21(22(26)16-8-3-1-4-9-16)23(27)17-10-5-2-6-11-17/h1-14,20-21H,15H2/t20-/m0/s1. The quantitative estimate of drug-likeness (QED) is 0.226. The zero-order valence-electron chi connectivity index (χ0n) is 15.4. The highest BCUT2D eigenvalue weighted by molar-refractivity contribution is 6.30. The summed E-state index contributed by atoms with van der Waals surface area (Å²) in [5.41, 5.74) is 1.14. The molecule has 0 spiro atoms. The van der Waals surface area contributed by atoms with E-state index in [1.807, 2.05) is 0 Å². The van der Waals surface area contributed by atoms with Gasteiger partial charge in [-0.3, -0.25) is 19.7 Å². The Morgan fingerprint density at radius 1 is 0.828 bits per heavy atom. The largest absolute Gasteiger partial charge is 0.293 e. The van der Waals surface area contributed by atoms with Crippen LogP contribution in [0.15, 0.2) is 84.9 Å². The normalized spacial score (nSPS) is 11.8. The molecule has 0 bridgehead atoms. The summed E-state index contributed by atoms with van der Waals surface area (Å²) in [6, 6.07) is 23.2. The van der Waals surface area contributed by atoms with Crippen LogP contribution in [0.3, 0.4) is 0 Å². The Bertz CT molecular complexity index is 970. The predicted octanol–water partition coefficient (Wildman–Crippen LogP) is 5.08. The van der Waals surface area contributed by atoms with E-state index in [2.05, 4.69) is 0 Å². The van der Waals surface area contributed by atoms with E-state index in [4.69, 9.17) is 11.6 Å². The maximum absolute atomic E-state index is 13.4. The van der Waals surface area contributed by atoms with Crippen LogP contribution in [0.5, 0.6) is 0 Å². The van der Waals surface area contributed by atoms with E-state index in [1.54, 1.807) is 84.9 Å². The van der Waals surface area contributed by atoms with Gasteiger partial charge < -0.3 is 0 Å². The third kappa shape index (κ3) is 4.95. The molecule has 0 aromatic heterocycles. The topological polar surface area (TPSA) is 77.3 Å². The smallest absolute Gasteiger partial charge is 0.211 e. The van der Waals surface area contributed by atoms with Crippen LogP contribution in [0.4, 0.5) is 0 Å². The molecule has 0 N–H and O–H groups in total. The fraction of sp³-hybridized carbons (Fsp3) is 0.130. The van der Waals surface area contributed by atoms with E-state index in [-0.39, 0.29) is 0 Å². The number of carbonyl (C=O) groups excluding carboxylic acids is 2. The van der Waals surface area contributed by atoms with Crippen LogP contribution in [-0.2, 0) is 0 Å². The van der Waals surface area contributed by atoms with Gasteiger partial charge in [-0.25, -0.2) is 0 Å². The van der Waals surface area contributed by atoms with Crippen molar-refractivity contribution in [1.29, 1.82) is 0 Å². The van der Waals surface area contributed by atoms with Crippen LogP contribution in [0.25, 0.3) is 0 Å². The van der Waals surface area contributed by atoms with Crippen molar-refractivity contribution in [3.8, 4) is 0 Å². The highest BCUT2D eigenvalue weighted by atomic mass is 35.5. The van der Waals surface area contributed by atoms with Crippen molar-refractivity contribution < 1.29 is 14.5 Å². The fourth-order valence-electron chi connectivity index (χ4n) is 3.35. The van der Waals surface area contributed by atoms with Crippen LogP contribution in [-0.4, -0.2) is 23.0 Å². The van der Waals surface area contributed by atoms with Gasteiger partial charge in [0, 0.05) is 21.1 Å². The average Bonchev–Trinajstić information content (AvgIpc) is 2.74. The number of halogens is 1. The number of nitro groups is 1. The summed E-state index contributed by atoms with van der Waals surface area (Å²) < 4.78 is 0. The van der Waals surface area contributed by atoms with Gasteiger partial charge in [-0.2, -0.15) is 0 Å². The monoisotopic (exact) mass is 407 g/mol. The first-order chi connectivity index (χ1) is 14.0. The number of benzene rings is 3. The number of hydrogen-bond acceptors (Lipinski definition) is 4. The molecule has 0 radical (unpaired) electrons. The molecule has 5 nitrogen and oxygen atoms in total. The lowest BCUT2D eigenvalue weighted by Crippen LogP contribution is -2.34. The van der Waals surface area contributed by atoms with Gasteiger partial charge in [0.05, 0.1) is 11.8 Å². The van der Waals surface area contributed by atoms with Crippen molar-refractivity contribution in [2.45, 2.75) is 5.92 Å². The Balaban J connectivity index is 2.14. The van der Waals surface area contributed by atoms with Crippen LogP contribution < -0.4 is 0 Å². The number of ketones is 2. The van der Waals surface area contributed by atoms with Gasteiger partial charge in [0.1, 0.15) is 0 Å². The minimum absolute atomic E-state index is 0.331. The van der Waals surface area contributed by atoms with E-state index in [1.165, 1.54) is 0 Å². The number of carbonyl (C=O) groups is 2. The van der Waals surface area contributed by atoms with Crippen molar-refractivity contribution in [3.63, 3.8) is 0 Å². The van der Waals surface area contributed by atoms with Crippen molar-refractivity contribution in [1.82, 2.24) is 0 Å². The van der Waals surface area contributed by atoms with E-state index < -0.39 is 34.9 Å². The Kier molecular flexibility index (Phi) is 6.52. The molecule has 0 amide bonds. The lowest BCUT2D eigenvalue weighted by atomic mass is 9.77. The van der Waals surface area contributed by atoms with Crippen LogP contribution in [0.1, 0.15) is 32.2 Å². The maximum Gasteiger partial charge on any atom is 0.211 e. The molecule has 0 aliphatic carbocycles. The fourth-order valence-corrected chi connectivity index (χ4v) is 3.55. The summed E-state index contributed by atoms with van der Waals surface area (Å²) in [5, 5.41) is 11.8. The van der Waals surface area contributed by atoms with Gasteiger partial charge in [-0.15, -0.1) is 0 Å². The Morgan fingerprint density at radius 2 is 1.34 bits per heavy atom. The van der Waals surface area contributed by atoms with Crippen LogP contribution >= 0.6 is 11.6 Å². The molecule has 0 unspecified atom stereocenters. The second-order valence-corrected chi connectivity index (χ2v) is 7.05. The Hall–Kier alpha value is -3.31. The molecular formula is C23H18ClNO4. The van der Waals surface area contributed by atoms with Crippen molar-refractivity contribution in [3.05, 3.63) is 117 Å². The molecule has 0 saturated heterocycles. The van der Waals surface area contributed by atoms with Crippen molar-refractivity contribution in [2.24, 2.45) is 5.92 Å². The van der Waals surface area contributed by atoms with Crippen molar-refractivity contribution in [2.75, 3.05) is 6.54 Å². The molecule has 0 aliphatic heterocycles. The summed E-state index contributed by atoms with van der Waals surface area (Å²) in [4.78, 5) is 37.7. The lowest BCUT2D eigenvalue weighted by Gasteiger charge is -2.23. The minimum atomic E-state index is -1.25. The lowest BCUT2D eigenvalue weighted by molar-refractivity contribution is -0.484. The number of hydrogen-bond donors (Lipinski definition) is 0. The third-order valence-electron chi connectivity index (χ3n) is 4.71. The molecule has 0 fully saturated rings. The SMILES string of the molecule is O=C(c1ccccc1)C(C(=O)c1ccccc1)[C@@H](C[N+](=O)[O-])c1cccc(Cl)c1. The summed E-state index contributed by atoms with van der Waals surface area (Å²) >= 11 is 6.08. The van der Waals surface area contributed by atoms with Gasteiger partial charge in [-0.1, -0.05) is 84.4 Å². The third-order valence-corrected chi connectivity index (χ3v) is 4.94. The highest BCUT2D eigenvalue weighted by Crippen LogP contribution is 2.32. The summed E-state index contributed by atoms with van der Waals surface area (Å²) in [7, 11) is 0. The van der Waals surface area contributed by atoms with E-state index in [0.29, 0.717) is 21.7 Å².